The van der Waals surface area contributed by atoms with E-state index in [1.807, 2.05) is 0 Å². The number of hydrogen-bond acceptors (Lipinski definition) is 2. The van der Waals surface area contributed by atoms with E-state index in [4.69, 9.17) is 16.3 Å². The molecule has 0 bridgehead atoms. The van der Waals surface area contributed by atoms with Crippen molar-refractivity contribution in [2.45, 2.75) is 39.3 Å². The quantitative estimate of drug-likeness (QED) is 0.746. The van der Waals surface area contributed by atoms with Crippen LogP contribution in [-0.4, -0.2) is 22.8 Å². The SMILES string of the molecule is CCCCn1cc(Cl)c(COCC(F)F)n1. The van der Waals surface area contributed by atoms with E-state index in [2.05, 4.69) is 12.0 Å². The highest BCUT2D eigenvalue weighted by atomic mass is 35.5. The third-order valence-electron chi connectivity index (χ3n) is 2.01. The van der Waals surface area contributed by atoms with Crippen LogP contribution in [0, 0.1) is 0 Å². The minimum absolute atomic E-state index is 0.0301. The van der Waals surface area contributed by atoms with Crippen LogP contribution in [-0.2, 0) is 17.9 Å². The summed E-state index contributed by atoms with van der Waals surface area (Å²) in [4.78, 5) is 0. The standard InChI is InChI=1S/C10H15ClF2N2O/c1-2-3-4-15-5-8(11)9(14-15)6-16-7-10(12)13/h5,10H,2-4,6-7H2,1H3. The van der Waals surface area contributed by atoms with Gasteiger partial charge >= 0.3 is 0 Å². The molecule has 16 heavy (non-hydrogen) atoms. The van der Waals surface area contributed by atoms with E-state index in [1.54, 1.807) is 10.9 Å². The van der Waals surface area contributed by atoms with Gasteiger partial charge in [-0.05, 0) is 6.42 Å². The van der Waals surface area contributed by atoms with Crippen molar-refractivity contribution in [3.05, 3.63) is 16.9 Å². The first-order valence-electron chi connectivity index (χ1n) is 5.21. The summed E-state index contributed by atoms with van der Waals surface area (Å²) in [6.45, 7) is 2.31. The molecule has 0 N–H and O–H groups in total. The van der Waals surface area contributed by atoms with Gasteiger partial charge in [-0.1, -0.05) is 24.9 Å². The molecule has 1 aromatic heterocycles. The lowest BCUT2D eigenvalue weighted by molar-refractivity contribution is 0.00870. The lowest BCUT2D eigenvalue weighted by Gasteiger charge is -2.01. The van der Waals surface area contributed by atoms with Gasteiger partial charge in [0.1, 0.15) is 12.3 Å². The maximum Gasteiger partial charge on any atom is 0.261 e. The first kappa shape index (κ1) is 13.4. The number of ether oxygens (including phenoxy) is 1. The highest BCUT2D eigenvalue weighted by Crippen LogP contribution is 2.15. The molecule has 92 valence electrons. The Morgan fingerprint density at radius 1 is 1.56 bits per heavy atom. The van der Waals surface area contributed by atoms with E-state index >= 15 is 0 Å². The number of halogens is 3. The molecule has 3 nitrogen and oxygen atoms in total. The monoisotopic (exact) mass is 252 g/mol. The average Bonchev–Trinajstić information content (AvgIpc) is 2.56. The van der Waals surface area contributed by atoms with Crippen molar-refractivity contribution in [2.24, 2.45) is 0 Å². The maximum absolute atomic E-state index is 11.8. The Kier molecular flexibility index (Phi) is 5.69. The number of unbranched alkanes of at least 4 members (excludes halogenated alkanes) is 1. The van der Waals surface area contributed by atoms with Crippen LogP contribution < -0.4 is 0 Å². The summed E-state index contributed by atoms with van der Waals surface area (Å²) >= 11 is 5.89. The van der Waals surface area contributed by atoms with Crippen LogP contribution in [0.15, 0.2) is 6.20 Å². The lowest BCUT2D eigenvalue weighted by Crippen LogP contribution is -2.05. The van der Waals surface area contributed by atoms with Crippen LogP contribution in [0.2, 0.25) is 5.02 Å². The highest BCUT2D eigenvalue weighted by Gasteiger charge is 2.08. The molecular formula is C10H15ClF2N2O. The molecule has 0 atom stereocenters. The van der Waals surface area contributed by atoms with Crippen LogP contribution in [0.25, 0.3) is 0 Å². The average molecular weight is 253 g/mol. The minimum Gasteiger partial charge on any atom is -0.369 e. The topological polar surface area (TPSA) is 27.1 Å². The molecule has 0 saturated heterocycles. The summed E-state index contributed by atoms with van der Waals surface area (Å²) in [5.74, 6) is 0. The summed E-state index contributed by atoms with van der Waals surface area (Å²) in [6.07, 6.45) is 1.31. The van der Waals surface area contributed by atoms with Crippen LogP contribution in [0.1, 0.15) is 25.5 Å². The van der Waals surface area contributed by atoms with Crippen molar-refractivity contribution in [2.75, 3.05) is 6.61 Å². The number of nitrogens with zero attached hydrogens (tertiary/aromatic N) is 2. The Morgan fingerprint density at radius 2 is 2.31 bits per heavy atom. The van der Waals surface area contributed by atoms with Gasteiger partial charge in [-0.25, -0.2) is 8.78 Å². The molecule has 0 radical (unpaired) electrons. The fraction of sp³-hybridized carbons (Fsp3) is 0.700. The summed E-state index contributed by atoms with van der Waals surface area (Å²) in [5, 5.41) is 4.62. The Labute approximate surface area is 98.3 Å². The molecule has 0 aliphatic heterocycles. The normalized spacial score (nSPS) is 11.3. The maximum atomic E-state index is 11.8. The van der Waals surface area contributed by atoms with Gasteiger partial charge in [0.15, 0.2) is 0 Å². The van der Waals surface area contributed by atoms with E-state index in [0.29, 0.717) is 10.7 Å². The van der Waals surface area contributed by atoms with Crippen molar-refractivity contribution in [1.29, 1.82) is 0 Å². The van der Waals surface area contributed by atoms with Gasteiger partial charge in [0.05, 0.1) is 11.6 Å². The van der Waals surface area contributed by atoms with E-state index in [9.17, 15) is 8.78 Å². The van der Waals surface area contributed by atoms with Gasteiger partial charge in [-0.15, -0.1) is 0 Å². The Morgan fingerprint density at radius 3 is 2.94 bits per heavy atom. The molecule has 1 rings (SSSR count). The zero-order valence-corrected chi connectivity index (χ0v) is 9.88. The largest absolute Gasteiger partial charge is 0.369 e. The summed E-state index contributed by atoms with van der Waals surface area (Å²) in [7, 11) is 0. The predicted octanol–water partition coefficient (Wildman–Crippen LogP) is 3.12. The molecule has 0 aromatic carbocycles. The fourth-order valence-electron chi connectivity index (χ4n) is 1.21. The summed E-state index contributed by atoms with van der Waals surface area (Å²) in [5.41, 5.74) is 0.512. The lowest BCUT2D eigenvalue weighted by atomic mass is 10.3. The van der Waals surface area contributed by atoms with Crippen LogP contribution in [0.5, 0.6) is 0 Å². The zero-order valence-electron chi connectivity index (χ0n) is 9.13. The summed E-state index contributed by atoms with van der Waals surface area (Å²) < 4.78 is 30.1. The van der Waals surface area contributed by atoms with Crippen LogP contribution in [0.3, 0.4) is 0 Å². The smallest absolute Gasteiger partial charge is 0.261 e. The molecule has 0 amide bonds. The molecule has 6 heteroatoms. The first-order valence-corrected chi connectivity index (χ1v) is 5.59. The molecule has 0 aliphatic rings. The molecule has 0 unspecified atom stereocenters. The Hall–Kier alpha value is -0.680. The third kappa shape index (κ3) is 4.45. The van der Waals surface area contributed by atoms with Crippen LogP contribution >= 0.6 is 11.6 Å². The minimum atomic E-state index is -2.46. The first-order chi connectivity index (χ1) is 7.63. The summed E-state index contributed by atoms with van der Waals surface area (Å²) in [6, 6.07) is 0. The van der Waals surface area contributed by atoms with E-state index in [-0.39, 0.29) is 6.61 Å². The molecule has 0 spiro atoms. The van der Waals surface area contributed by atoms with Gasteiger partial charge < -0.3 is 4.74 Å². The second-order valence-corrected chi connectivity index (χ2v) is 3.85. The number of rotatable bonds is 7. The van der Waals surface area contributed by atoms with Crippen molar-refractivity contribution >= 4 is 11.6 Å². The van der Waals surface area contributed by atoms with Gasteiger partial charge in [0.25, 0.3) is 6.43 Å². The predicted molar refractivity (Wildman–Crippen MR) is 57.8 cm³/mol. The fourth-order valence-corrected chi connectivity index (χ4v) is 1.42. The van der Waals surface area contributed by atoms with E-state index < -0.39 is 13.0 Å². The highest BCUT2D eigenvalue weighted by molar-refractivity contribution is 6.31. The molecule has 1 aromatic rings. The van der Waals surface area contributed by atoms with Crippen molar-refractivity contribution < 1.29 is 13.5 Å². The number of alkyl halides is 2. The van der Waals surface area contributed by atoms with Crippen molar-refractivity contribution in [3.8, 4) is 0 Å². The zero-order chi connectivity index (χ0) is 12.0. The second-order valence-electron chi connectivity index (χ2n) is 3.45. The Balaban J connectivity index is 2.43. The molecule has 0 saturated carbocycles. The van der Waals surface area contributed by atoms with Gasteiger partial charge in [0, 0.05) is 12.7 Å². The molecule has 0 fully saturated rings. The van der Waals surface area contributed by atoms with Gasteiger partial charge in [-0.2, -0.15) is 5.10 Å². The van der Waals surface area contributed by atoms with E-state index in [0.717, 1.165) is 19.4 Å². The number of aromatic nitrogens is 2. The second kappa shape index (κ2) is 6.81. The van der Waals surface area contributed by atoms with Crippen molar-refractivity contribution in [3.63, 3.8) is 0 Å². The van der Waals surface area contributed by atoms with Crippen molar-refractivity contribution in [1.82, 2.24) is 9.78 Å². The molecular weight excluding hydrogens is 238 g/mol. The van der Waals surface area contributed by atoms with E-state index in [1.165, 1.54) is 0 Å². The molecule has 0 aliphatic carbocycles. The number of aryl methyl sites for hydroxylation is 1. The molecule has 1 heterocycles. The third-order valence-corrected chi connectivity index (χ3v) is 2.33. The number of hydrogen-bond donors (Lipinski definition) is 0. The van der Waals surface area contributed by atoms with Gasteiger partial charge in [0.2, 0.25) is 0 Å². The Bertz CT molecular complexity index is 318. The van der Waals surface area contributed by atoms with Gasteiger partial charge in [-0.3, -0.25) is 4.68 Å². The van der Waals surface area contributed by atoms with Crippen LogP contribution in [0.4, 0.5) is 8.78 Å².